The molecule has 0 aromatic rings. The quantitative estimate of drug-likeness (QED) is 0.818. The van der Waals surface area contributed by atoms with Crippen LogP contribution in [-0.2, 0) is 0 Å². The van der Waals surface area contributed by atoms with Gasteiger partial charge in [-0.15, -0.1) is 0 Å². The van der Waals surface area contributed by atoms with Crippen molar-refractivity contribution in [1.29, 1.82) is 0 Å². The highest BCUT2D eigenvalue weighted by molar-refractivity contribution is 8.13. The predicted octanol–water partition coefficient (Wildman–Crippen LogP) is 3.29. The number of hydrogen-bond donors (Lipinski definition) is 1. The fraction of sp³-hybridized carbons (Fsp3) is 0.923. The highest BCUT2D eigenvalue weighted by Crippen LogP contribution is 2.30. The minimum atomic E-state index is 0.958. The number of aliphatic imine (C=N–C) groups is 1. The van der Waals surface area contributed by atoms with Gasteiger partial charge in [0, 0.05) is 18.8 Å². The van der Waals surface area contributed by atoms with Crippen LogP contribution in [0.5, 0.6) is 0 Å². The molecular weight excluding hydrogens is 216 g/mol. The largest absolute Gasteiger partial charge is 0.365 e. The van der Waals surface area contributed by atoms with Crippen molar-refractivity contribution in [3.8, 4) is 0 Å². The molecular formula is C13H24N2S. The molecule has 0 saturated heterocycles. The molecule has 1 heterocycles. The Labute approximate surface area is 104 Å². The first kappa shape index (κ1) is 12.3. The van der Waals surface area contributed by atoms with Crippen molar-refractivity contribution in [2.24, 2.45) is 16.8 Å². The van der Waals surface area contributed by atoms with Crippen LogP contribution in [-0.4, -0.2) is 24.0 Å². The summed E-state index contributed by atoms with van der Waals surface area (Å²) in [5.41, 5.74) is 0. The molecule has 1 saturated carbocycles. The molecule has 0 bridgehead atoms. The Morgan fingerprint density at radius 3 is 3.06 bits per heavy atom. The molecule has 1 aliphatic heterocycles. The molecule has 1 aliphatic carbocycles. The average molecular weight is 240 g/mol. The summed E-state index contributed by atoms with van der Waals surface area (Å²) >= 11 is 1.89. The van der Waals surface area contributed by atoms with E-state index in [1.807, 2.05) is 11.8 Å². The van der Waals surface area contributed by atoms with Crippen molar-refractivity contribution >= 4 is 16.9 Å². The van der Waals surface area contributed by atoms with Gasteiger partial charge in [-0.2, -0.15) is 0 Å². The molecule has 2 atom stereocenters. The zero-order valence-corrected chi connectivity index (χ0v) is 11.2. The van der Waals surface area contributed by atoms with Crippen molar-refractivity contribution in [1.82, 2.24) is 5.32 Å². The van der Waals surface area contributed by atoms with E-state index in [-0.39, 0.29) is 0 Å². The van der Waals surface area contributed by atoms with Gasteiger partial charge in [0.05, 0.1) is 0 Å². The summed E-state index contributed by atoms with van der Waals surface area (Å²) in [4.78, 5) is 4.50. The van der Waals surface area contributed by atoms with Crippen LogP contribution in [0.2, 0.25) is 0 Å². The lowest BCUT2D eigenvalue weighted by molar-refractivity contribution is 0.270. The smallest absolute Gasteiger partial charge is 0.156 e. The van der Waals surface area contributed by atoms with Gasteiger partial charge in [-0.25, -0.2) is 0 Å². The monoisotopic (exact) mass is 240 g/mol. The number of thioether (sulfide) groups is 1. The number of nitrogens with zero attached hydrogens (tertiary/aromatic N) is 1. The van der Waals surface area contributed by atoms with E-state index in [1.54, 1.807) is 0 Å². The Kier molecular flexibility index (Phi) is 5.01. The van der Waals surface area contributed by atoms with Crippen LogP contribution in [0.1, 0.15) is 45.4 Å². The Morgan fingerprint density at radius 1 is 1.38 bits per heavy atom. The maximum absolute atomic E-state index is 4.50. The zero-order chi connectivity index (χ0) is 11.2. The van der Waals surface area contributed by atoms with Crippen LogP contribution in [0.25, 0.3) is 0 Å². The van der Waals surface area contributed by atoms with Gasteiger partial charge in [0.2, 0.25) is 0 Å². The molecule has 2 rings (SSSR count). The molecule has 1 N–H and O–H groups in total. The van der Waals surface area contributed by atoms with Crippen LogP contribution in [0.4, 0.5) is 0 Å². The molecule has 0 amide bonds. The van der Waals surface area contributed by atoms with Crippen LogP contribution in [0.15, 0.2) is 4.99 Å². The highest BCUT2D eigenvalue weighted by atomic mass is 32.2. The third kappa shape index (κ3) is 4.00. The normalized spacial score (nSPS) is 30.9. The zero-order valence-electron chi connectivity index (χ0n) is 10.4. The minimum Gasteiger partial charge on any atom is -0.365 e. The lowest BCUT2D eigenvalue weighted by Crippen LogP contribution is -2.27. The topological polar surface area (TPSA) is 24.4 Å². The molecule has 16 heavy (non-hydrogen) atoms. The maximum atomic E-state index is 4.50. The third-order valence-corrected chi connectivity index (χ3v) is 4.71. The fourth-order valence-electron chi connectivity index (χ4n) is 2.77. The average Bonchev–Trinajstić information content (AvgIpc) is 2.30. The summed E-state index contributed by atoms with van der Waals surface area (Å²) in [6.45, 7) is 4.56. The van der Waals surface area contributed by atoms with Crippen molar-refractivity contribution in [2.75, 3.05) is 18.8 Å². The highest BCUT2D eigenvalue weighted by Gasteiger charge is 2.18. The van der Waals surface area contributed by atoms with E-state index in [4.69, 9.17) is 0 Å². The van der Waals surface area contributed by atoms with E-state index in [1.165, 1.54) is 49.4 Å². The molecule has 2 nitrogen and oxygen atoms in total. The number of amidine groups is 1. The van der Waals surface area contributed by atoms with Crippen LogP contribution < -0.4 is 5.32 Å². The summed E-state index contributed by atoms with van der Waals surface area (Å²) in [7, 11) is 0. The summed E-state index contributed by atoms with van der Waals surface area (Å²) in [5.74, 6) is 3.16. The van der Waals surface area contributed by atoms with Gasteiger partial charge >= 0.3 is 0 Å². The molecule has 3 heteroatoms. The summed E-state index contributed by atoms with van der Waals surface area (Å²) in [5, 5.41) is 4.69. The Hall–Kier alpha value is -0.180. The molecule has 0 aromatic carbocycles. The van der Waals surface area contributed by atoms with E-state index in [9.17, 15) is 0 Å². The first-order valence-electron chi connectivity index (χ1n) is 6.75. The lowest BCUT2D eigenvalue weighted by Gasteiger charge is -2.27. The summed E-state index contributed by atoms with van der Waals surface area (Å²) < 4.78 is 0. The third-order valence-electron chi connectivity index (χ3n) is 3.67. The van der Waals surface area contributed by atoms with E-state index in [0.29, 0.717) is 0 Å². The SMILES string of the molecule is CC1CCCC(CCNC2=NCCCS2)C1. The standard InChI is InChI=1S/C13H24N2S/c1-11-4-2-5-12(10-11)6-8-15-13-14-7-3-9-16-13/h11-12H,2-10H2,1H3,(H,14,15). The second kappa shape index (κ2) is 6.53. The van der Waals surface area contributed by atoms with E-state index in [2.05, 4.69) is 17.2 Å². The van der Waals surface area contributed by atoms with Gasteiger partial charge in [0.1, 0.15) is 0 Å². The lowest BCUT2D eigenvalue weighted by atomic mass is 9.81. The van der Waals surface area contributed by atoms with Gasteiger partial charge in [-0.05, 0) is 31.1 Å². The van der Waals surface area contributed by atoms with Crippen molar-refractivity contribution in [3.63, 3.8) is 0 Å². The molecule has 2 unspecified atom stereocenters. The Bertz CT molecular complexity index is 240. The van der Waals surface area contributed by atoms with Gasteiger partial charge in [-0.3, -0.25) is 4.99 Å². The number of rotatable bonds is 3. The van der Waals surface area contributed by atoms with Crippen molar-refractivity contribution in [2.45, 2.75) is 45.4 Å². The van der Waals surface area contributed by atoms with Crippen molar-refractivity contribution < 1.29 is 0 Å². The molecule has 2 aliphatic rings. The maximum Gasteiger partial charge on any atom is 0.156 e. The first-order chi connectivity index (χ1) is 7.84. The van der Waals surface area contributed by atoms with E-state index < -0.39 is 0 Å². The summed E-state index contributed by atoms with van der Waals surface area (Å²) in [6.07, 6.45) is 8.38. The van der Waals surface area contributed by atoms with Crippen LogP contribution in [0, 0.1) is 11.8 Å². The van der Waals surface area contributed by atoms with E-state index in [0.717, 1.165) is 24.9 Å². The predicted molar refractivity (Wildman–Crippen MR) is 73.1 cm³/mol. The molecule has 0 spiro atoms. The number of nitrogens with one attached hydrogen (secondary N) is 1. The second-order valence-corrected chi connectivity index (χ2v) is 6.33. The molecule has 0 aromatic heterocycles. The second-order valence-electron chi connectivity index (χ2n) is 5.24. The number of hydrogen-bond acceptors (Lipinski definition) is 3. The summed E-state index contributed by atoms with van der Waals surface area (Å²) in [6, 6.07) is 0. The van der Waals surface area contributed by atoms with Gasteiger partial charge in [0.25, 0.3) is 0 Å². The van der Waals surface area contributed by atoms with E-state index >= 15 is 0 Å². The van der Waals surface area contributed by atoms with Gasteiger partial charge in [0.15, 0.2) is 5.17 Å². The Balaban J connectivity index is 1.61. The van der Waals surface area contributed by atoms with Gasteiger partial charge < -0.3 is 5.32 Å². The van der Waals surface area contributed by atoms with Gasteiger partial charge in [-0.1, -0.05) is 37.9 Å². The molecule has 92 valence electrons. The minimum absolute atomic E-state index is 0.958. The Morgan fingerprint density at radius 2 is 2.31 bits per heavy atom. The molecule has 1 fully saturated rings. The van der Waals surface area contributed by atoms with Crippen LogP contribution in [0.3, 0.4) is 0 Å². The molecule has 0 radical (unpaired) electrons. The first-order valence-corrected chi connectivity index (χ1v) is 7.74. The van der Waals surface area contributed by atoms with Crippen LogP contribution >= 0.6 is 11.8 Å². The fourth-order valence-corrected chi connectivity index (χ4v) is 3.63. The van der Waals surface area contributed by atoms with Crippen molar-refractivity contribution in [3.05, 3.63) is 0 Å².